The smallest absolute Gasteiger partial charge is 0.360 e. The topological polar surface area (TPSA) is 77.3 Å². The molecule has 1 amide bonds. The van der Waals surface area contributed by atoms with Crippen LogP contribution >= 0.6 is 0 Å². The third-order valence-electron chi connectivity index (χ3n) is 3.95. The van der Waals surface area contributed by atoms with E-state index in [2.05, 4.69) is 10.3 Å². The minimum Gasteiger partial charge on any atom is -0.461 e. The van der Waals surface area contributed by atoms with Crippen LogP contribution in [-0.2, 0) is 16.1 Å². The van der Waals surface area contributed by atoms with E-state index in [-0.39, 0.29) is 24.1 Å². The molecule has 1 aromatic rings. The van der Waals surface area contributed by atoms with E-state index in [0.29, 0.717) is 6.61 Å². The Bertz CT molecular complexity index is 544. The largest absolute Gasteiger partial charge is 0.461 e. The normalized spacial score (nSPS) is 18.0. The van der Waals surface area contributed by atoms with Crippen molar-refractivity contribution in [2.45, 2.75) is 45.1 Å². The zero-order valence-corrected chi connectivity index (χ0v) is 12.2. The van der Waals surface area contributed by atoms with E-state index in [1.807, 2.05) is 4.90 Å². The number of ether oxygens (including phenoxy) is 1. The lowest BCUT2D eigenvalue weighted by molar-refractivity contribution is -0.131. The Morgan fingerprint density at radius 1 is 1.29 bits per heavy atom. The average molecular weight is 292 g/mol. The zero-order valence-electron chi connectivity index (χ0n) is 12.2. The molecule has 3 rings (SSSR count). The van der Waals surface area contributed by atoms with Gasteiger partial charge in [0.05, 0.1) is 12.3 Å². The van der Waals surface area contributed by atoms with Gasteiger partial charge in [-0.05, 0) is 32.6 Å². The van der Waals surface area contributed by atoms with Crippen LogP contribution in [0.1, 0.15) is 54.7 Å². The van der Waals surface area contributed by atoms with Gasteiger partial charge in [-0.2, -0.15) is 0 Å². The number of hydrogen-bond donors (Lipinski definition) is 0. The molecule has 2 aliphatic rings. The Balaban J connectivity index is 1.78. The number of carbonyl (C=O) groups excluding carboxylic acids is 2. The molecular weight excluding hydrogens is 272 g/mol. The second-order valence-electron chi connectivity index (χ2n) is 5.56. The molecule has 21 heavy (non-hydrogen) atoms. The summed E-state index contributed by atoms with van der Waals surface area (Å²) < 4.78 is 6.60. The van der Waals surface area contributed by atoms with E-state index in [4.69, 9.17) is 4.74 Å². The minimum atomic E-state index is -0.445. The predicted molar refractivity (Wildman–Crippen MR) is 73.8 cm³/mol. The van der Waals surface area contributed by atoms with Gasteiger partial charge in [0.2, 0.25) is 5.91 Å². The summed E-state index contributed by atoms with van der Waals surface area (Å²) >= 11 is 0. The molecule has 1 saturated heterocycles. The van der Waals surface area contributed by atoms with Gasteiger partial charge in [0, 0.05) is 19.0 Å². The molecule has 2 heterocycles. The molecule has 114 valence electrons. The van der Waals surface area contributed by atoms with Crippen molar-refractivity contribution in [1.29, 1.82) is 0 Å². The van der Waals surface area contributed by atoms with Crippen molar-refractivity contribution in [2.24, 2.45) is 0 Å². The lowest BCUT2D eigenvalue weighted by Gasteiger charge is -2.15. The first-order chi connectivity index (χ1) is 10.2. The van der Waals surface area contributed by atoms with Crippen LogP contribution in [0.4, 0.5) is 0 Å². The van der Waals surface area contributed by atoms with Crippen molar-refractivity contribution < 1.29 is 14.3 Å². The molecule has 0 aromatic carbocycles. The van der Waals surface area contributed by atoms with E-state index in [9.17, 15) is 9.59 Å². The summed E-state index contributed by atoms with van der Waals surface area (Å²) in [6.07, 6.45) is 4.15. The highest BCUT2D eigenvalue weighted by Crippen LogP contribution is 2.41. The van der Waals surface area contributed by atoms with E-state index < -0.39 is 5.97 Å². The predicted octanol–water partition coefficient (Wildman–Crippen LogP) is 0.955. The summed E-state index contributed by atoms with van der Waals surface area (Å²) in [6, 6.07) is 0. The maximum atomic E-state index is 12.2. The van der Waals surface area contributed by atoms with Crippen LogP contribution < -0.4 is 0 Å². The number of amides is 1. The molecule has 7 heteroatoms. The average Bonchev–Trinajstić information content (AvgIpc) is 3.01. The van der Waals surface area contributed by atoms with Crippen molar-refractivity contribution in [1.82, 2.24) is 19.9 Å². The second kappa shape index (κ2) is 5.83. The molecule has 7 nitrogen and oxygen atoms in total. The lowest BCUT2D eigenvalue weighted by Crippen LogP contribution is -2.32. The van der Waals surface area contributed by atoms with E-state index >= 15 is 0 Å². The number of likely N-dealkylation sites (tertiary alicyclic amines) is 1. The molecule has 0 N–H and O–H groups in total. The molecule has 0 unspecified atom stereocenters. The van der Waals surface area contributed by atoms with Gasteiger partial charge in [-0.15, -0.1) is 5.10 Å². The zero-order chi connectivity index (χ0) is 14.8. The Kier molecular flexibility index (Phi) is 3.90. The molecule has 0 bridgehead atoms. The maximum absolute atomic E-state index is 12.2. The van der Waals surface area contributed by atoms with Gasteiger partial charge < -0.3 is 9.64 Å². The van der Waals surface area contributed by atoms with Crippen LogP contribution in [-0.4, -0.2) is 51.5 Å². The number of nitrogens with zero attached hydrogens (tertiary/aromatic N) is 4. The molecule has 1 aliphatic heterocycles. The Morgan fingerprint density at radius 2 is 2.00 bits per heavy atom. The maximum Gasteiger partial charge on any atom is 0.360 e. The minimum absolute atomic E-state index is 0.0507. The SMILES string of the molecule is CCOC(=O)c1nnn(CC(=O)N2CCCC2)c1C1CC1. The van der Waals surface area contributed by atoms with Crippen molar-refractivity contribution in [3.05, 3.63) is 11.4 Å². The molecule has 0 radical (unpaired) electrons. The standard InChI is InChI=1S/C14H20N4O3/c1-2-21-14(20)12-13(10-5-6-10)18(16-15-12)9-11(19)17-7-3-4-8-17/h10H,2-9H2,1H3. The molecule has 2 fully saturated rings. The van der Waals surface area contributed by atoms with Crippen molar-refractivity contribution in [3.8, 4) is 0 Å². The summed E-state index contributed by atoms with van der Waals surface area (Å²) in [5, 5.41) is 7.95. The molecular formula is C14H20N4O3. The lowest BCUT2D eigenvalue weighted by atomic mass is 10.2. The number of aromatic nitrogens is 3. The van der Waals surface area contributed by atoms with Crippen LogP contribution in [0.2, 0.25) is 0 Å². The van der Waals surface area contributed by atoms with Crippen LogP contribution in [0.3, 0.4) is 0 Å². The van der Waals surface area contributed by atoms with E-state index in [1.54, 1.807) is 11.6 Å². The van der Waals surface area contributed by atoms with Gasteiger partial charge in [0.15, 0.2) is 5.69 Å². The van der Waals surface area contributed by atoms with Gasteiger partial charge in [-0.25, -0.2) is 9.48 Å². The fourth-order valence-corrected chi connectivity index (χ4v) is 2.74. The van der Waals surface area contributed by atoms with Gasteiger partial charge in [0.25, 0.3) is 0 Å². The van der Waals surface area contributed by atoms with Crippen molar-refractivity contribution >= 4 is 11.9 Å². The summed E-state index contributed by atoms with van der Waals surface area (Å²) in [7, 11) is 0. The van der Waals surface area contributed by atoms with Crippen LogP contribution in [0, 0.1) is 0 Å². The summed E-state index contributed by atoms with van der Waals surface area (Å²) in [6.45, 7) is 3.87. The fourth-order valence-electron chi connectivity index (χ4n) is 2.74. The quantitative estimate of drug-likeness (QED) is 0.755. The highest BCUT2D eigenvalue weighted by atomic mass is 16.5. The molecule has 1 aliphatic carbocycles. The Labute approximate surface area is 123 Å². The number of esters is 1. The van der Waals surface area contributed by atoms with Crippen LogP contribution in [0.5, 0.6) is 0 Å². The van der Waals surface area contributed by atoms with Crippen molar-refractivity contribution in [2.75, 3.05) is 19.7 Å². The van der Waals surface area contributed by atoms with Crippen LogP contribution in [0.15, 0.2) is 0 Å². The molecule has 1 saturated carbocycles. The molecule has 1 aromatic heterocycles. The molecule has 0 atom stereocenters. The number of rotatable bonds is 5. The van der Waals surface area contributed by atoms with Gasteiger partial charge in [0.1, 0.15) is 6.54 Å². The number of hydrogen-bond acceptors (Lipinski definition) is 5. The van der Waals surface area contributed by atoms with Crippen molar-refractivity contribution in [3.63, 3.8) is 0 Å². The first kappa shape index (κ1) is 14.0. The van der Waals surface area contributed by atoms with Gasteiger partial charge in [-0.1, -0.05) is 5.21 Å². The fraction of sp³-hybridized carbons (Fsp3) is 0.714. The van der Waals surface area contributed by atoms with Crippen LogP contribution in [0.25, 0.3) is 0 Å². The molecule has 0 spiro atoms. The van der Waals surface area contributed by atoms with Gasteiger partial charge in [-0.3, -0.25) is 4.79 Å². The second-order valence-corrected chi connectivity index (χ2v) is 5.56. The Hall–Kier alpha value is -1.92. The first-order valence-electron chi connectivity index (χ1n) is 7.59. The summed E-state index contributed by atoms with van der Waals surface area (Å²) in [4.78, 5) is 26.0. The van der Waals surface area contributed by atoms with Gasteiger partial charge >= 0.3 is 5.97 Å². The third kappa shape index (κ3) is 2.91. The van der Waals surface area contributed by atoms with E-state index in [1.165, 1.54) is 0 Å². The summed E-state index contributed by atoms with van der Waals surface area (Å²) in [5.41, 5.74) is 1.04. The Morgan fingerprint density at radius 3 is 2.62 bits per heavy atom. The first-order valence-corrected chi connectivity index (χ1v) is 7.59. The number of carbonyl (C=O) groups is 2. The highest BCUT2D eigenvalue weighted by Gasteiger charge is 2.35. The highest BCUT2D eigenvalue weighted by molar-refractivity contribution is 5.89. The third-order valence-corrected chi connectivity index (χ3v) is 3.95. The van der Waals surface area contributed by atoms with E-state index in [0.717, 1.165) is 44.5 Å². The summed E-state index contributed by atoms with van der Waals surface area (Å²) in [5.74, 6) is -0.111. The monoisotopic (exact) mass is 292 g/mol.